The van der Waals surface area contributed by atoms with Gasteiger partial charge < -0.3 is 11.1 Å². The number of Topliss-reactive ketones (excluding diaryl/α,β-unsaturated/α-hetero) is 1. The van der Waals surface area contributed by atoms with Crippen molar-refractivity contribution in [1.29, 1.82) is 0 Å². The molecule has 1 unspecified atom stereocenters. The van der Waals surface area contributed by atoms with Gasteiger partial charge in [0.25, 0.3) is 0 Å². The minimum absolute atomic E-state index is 0.0215. The number of carbonyl (C=O) groups is 2. The van der Waals surface area contributed by atoms with E-state index in [0.29, 0.717) is 19.4 Å². The molecule has 0 saturated heterocycles. The number of carbonyl (C=O) groups excluding carboxylic acids is 2. The maximum absolute atomic E-state index is 11.9. The van der Waals surface area contributed by atoms with Gasteiger partial charge in [-0.2, -0.15) is 0 Å². The highest BCUT2D eigenvalue weighted by atomic mass is 127. The van der Waals surface area contributed by atoms with E-state index in [1.54, 1.807) is 22.6 Å². The fourth-order valence-electron chi connectivity index (χ4n) is 1.35. The minimum atomic E-state index is -0.375. The average Bonchev–Trinajstić information content (AvgIpc) is 2.21. The van der Waals surface area contributed by atoms with E-state index in [-0.39, 0.29) is 24.6 Å². The molecule has 0 aromatic carbocycles. The third-order valence-electron chi connectivity index (χ3n) is 2.67. The van der Waals surface area contributed by atoms with Crippen molar-refractivity contribution >= 4 is 54.8 Å². The van der Waals surface area contributed by atoms with Crippen LogP contribution in [-0.4, -0.2) is 31.1 Å². The molecule has 0 aliphatic rings. The standard InChI is InChI=1S/C12H22I2N2O2/c1-11(2,7-15)16-8(10(13)18)5-6-9(17)12(3,4)14/h8,16H,5-7,15H2,1-4H3. The average molecular weight is 480 g/mol. The molecule has 0 aliphatic carbocycles. The summed E-state index contributed by atoms with van der Waals surface area (Å²) in [4.78, 5) is 23.4. The lowest BCUT2D eigenvalue weighted by Crippen LogP contribution is -2.52. The lowest BCUT2D eigenvalue weighted by atomic mass is 9.99. The molecule has 6 heteroatoms. The predicted octanol–water partition coefficient (Wildman–Crippen LogP) is 2.21. The largest absolute Gasteiger partial charge is 0.329 e. The SMILES string of the molecule is CC(C)(CN)NC(CCC(=O)C(C)(C)I)C(=O)I. The zero-order valence-electron chi connectivity index (χ0n) is 11.3. The molecule has 0 heterocycles. The molecule has 0 amide bonds. The van der Waals surface area contributed by atoms with Crippen LogP contribution in [0.2, 0.25) is 0 Å². The van der Waals surface area contributed by atoms with Crippen LogP contribution in [0.25, 0.3) is 0 Å². The van der Waals surface area contributed by atoms with Gasteiger partial charge in [0.05, 0.1) is 9.46 Å². The molecule has 0 aromatic heterocycles. The van der Waals surface area contributed by atoms with E-state index in [4.69, 9.17) is 5.73 Å². The molecule has 0 radical (unpaired) electrons. The summed E-state index contributed by atoms with van der Waals surface area (Å²) in [6, 6.07) is -0.313. The summed E-state index contributed by atoms with van der Waals surface area (Å²) in [6.07, 6.45) is 0.930. The Morgan fingerprint density at radius 3 is 2.11 bits per heavy atom. The molecule has 0 saturated carbocycles. The number of alkyl halides is 1. The number of halogens is 2. The molecule has 1 atom stereocenters. The predicted molar refractivity (Wildman–Crippen MR) is 91.4 cm³/mol. The third kappa shape index (κ3) is 7.34. The van der Waals surface area contributed by atoms with Gasteiger partial charge >= 0.3 is 0 Å². The van der Waals surface area contributed by atoms with Crippen molar-refractivity contribution in [2.24, 2.45) is 5.73 Å². The molecule has 4 nitrogen and oxygen atoms in total. The molecule has 106 valence electrons. The van der Waals surface area contributed by atoms with Gasteiger partial charge in [0.15, 0.2) is 0 Å². The molecular formula is C12H22I2N2O2. The van der Waals surface area contributed by atoms with E-state index < -0.39 is 0 Å². The van der Waals surface area contributed by atoms with Crippen LogP contribution < -0.4 is 11.1 Å². The highest BCUT2D eigenvalue weighted by Crippen LogP contribution is 2.21. The van der Waals surface area contributed by atoms with E-state index in [1.807, 2.05) is 27.7 Å². The second-order valence-corrected chi connectivity index (χ2v) is 9.28. The summed E-state index contributed by atoms with van der Waals surface area (Å²) in [6.45, 7) is 8.11. The second-order valence-electron chi connectivity index (χ2n) is 5.52. The molecule has 0 fully saturated rings. The molecule has 3 N–H and O–H groups in total. The Bertz CT molecular complexity index is 312. The van der Waals surface area contributed by atoms with Gasteiger partial charge in [-0.05, 0) is 34.1 Å². The van der Waals surface area contributed by atoms with Crippen LogP contribution in [0.15, 0.2) is 0 Å². The maximum atomic E-state index is 11.9. The van der Waals surface area contributed by atoms with Crippen LogP contribution in [0.4, 0.5) is 0 Å². The van der Waals surface area contributed by atoms with Crippen molar-refractivity contribution in [2.45, 2.75) is 55.5 Å². The summed E-state index contributed by atoms with van der Waals surface area (Å²) < 4.78 is -0.354. The highest BCUT2D eigenvalue weighted by Gasteiger charge is 2.28. The Hall–Kier alpha value is 0.720. The van der Waals surface area contributed by atoms with Gasteiger partial charge in [-0.3, -0.25) is 9.59 Å². The number of hydrogen-bond donors (Lipinski definition) is 2. The van der Waals surface area contributed by atoms with Gasteiger partial charge in [0, 0.05) is 41.1 Å². The molecule has 0 spiro atoms. The third-order valence-corrected chi connectivity index (χ3v) is 4.03. The van der Waals surface area contributed by atoms with Gasteiger partial charge in [-0.15, -0.1) is 0 Å². The first-order valence-corrected chi connectivity index (χ1v) is 8.04. The Morgan fingerprint density at radius 2 is 1.78 bits per heavy atom. The van der Waals surface area contributed by atoms with Crippen LogP contribution in [0.5, 0.6) is 0 Å². The smallest absolute Gasteiger partial charge is 0.209 e. The molecule has 0 aromatic rings. The van der Waals surface area contributed by atoms with E-state index in [0.717, 1.165) is 0 Å². The lowest BCUT2D eigenvalue weighted by Gasteiger charge is -2.29. The van der Waals surface area contributed by atoms with Gasteiger partial charge in [-0.25, -0.2) is 0 Å². The Balaban J connectivity index is 4.49. The molecule has 0 bridgehead atoms. The van der Waals surface area contributed by atoms with E-state index in [2.05, 4.69) is 27.9 Å². The van der Waals surface area contributed by atoms with Crippen molar-refractivity contribution in [1.82, 2.24) is 5.32 Å². The first-order valence-electron chi connectivity index (χ1n) is 5.89. The number of ketones is 1. The molecule has 18 heavy (non-hydrogen) atoms. The van der Waals surface area contributed by atoms with E-state index in [1.165, 1.54) is 0 Å². The Kier molecular flexibility index (Phi) is 7.79. The minimum Gasteiger partial charge on any atom is -0.329 e. The van der Waals surface area contributed by atoms with Crippen LogP contribution >= 0.6 is 45.2 Å². The molecule has 0 rings (SSSR count). The quantitative estimate of drug-likeness (QED) is 0.318. The fourth-order valence-corrected chi connectivity index (χ4v) is 2.08. The topological polar surface area (TPSA) is 72.2 Å². The lowest BCUT2D eigenvalue weighted by molar-refractivity contribution is -0.120. The van der Waals surface area contributed by atoms with Crippen molar-refractivity contribution < 1.29 is 9.59 Å². The number of rotatable bonds is 8. The monoisotopic (exact) mass is 480 g/mol. The van der Waals surface area contributed by atoms with Crippen LogP contribution in [0.3, 0.4) is 0 Å². The highest BCUT2D eigenvalue weighted by molar-refractivity contribution is 14.1. The zero-order valence-corrected chi connectivity index (χ0v) is 15.7. The Labute approximate surface area is 136 Å². The number of nitrogens with one attached hydrogen (secondary N) is 1. The van der Waals surface area contributed by atoms with Gasteiger partial charge in [0.2, 0.25) is 3.79 Å². The van der Waals surface area contributed by atoms with E-state index in [9.17, 15) is 9.59 Å². The van der Waals surface area contributed by atoms with Crippen molar-refractivity contribution in [2.75, 3.05) is 6.54 Å². The van der Waals surface area contributed by atoms with Crippen molar-refractivity contribution in [3.05, 3.63) is 0 Å². The summed E-state index contributed by atoms with van der Waals surface area (Å²) in [5.41, 5.74) is 5.34. The number of hydrogen-bond acceptors (Lipinski definition) is 4. The zero-order chi connectivity index (χ0) is 14.6. The Morgan fingerprint density at radius 1 is 1.28 bits per heavy atom. The van der Waals surface area contributed by atoms with Gasteiger partial charge in [-0.1, -0.05) is 22.6 Å². The molecular weight excluding hydrogens is 458 g/mol. The maximum Gasteiger partial charge on any atom is 0.209 e. The van der Waals surface area contributed by atoms with Crippen LogP contribution in [0.1, 0.15) is 40.5 Å². The van der Waals surface area contributed by atoms with Crippen molar-refractivity contribution in [3.8, 4) is 0 Å². The first-order chi connectivity index (χ1) is 7.99. The first kappa shape index (κ1) is 18.7. The normalized spacial score (nSPS) is 14.4. The van der Waals surface area contributed by atoms with Crippen LogP contribution in [0, 0.1) is 0 Å². The summed E-state index contributed by atoms with van der Waals surface area (Å²) in [7, 11) is 0. The van der Waals surface area contributed by atoms with E-state index >= 15 is 0 Å². The van der Waals surface area contributed by atoms with Crippen LogP contribution in [-0.2, 0) is 9.59 Å². The fraction of sp³-hybridized carbons (Fsp3) is 0.833. The summed E-state index contributed by atoms with van der Waals surface area (Å²) in [5.74, 6) is 0.165. The number of nitrogens with two attached hydrogens (primary N) is 1. The summed E-state index contributed by atoms with van der Waals surface area (Å²) in [5, 5.41) is 3.21. The molecule has 0 aliphatic heterocycles. The van der Waals surface area contributed by atoms with Crippen molar-refractivity contribution in [3.63, 3.8) is 0 Å². The summed E-state index contributed by atoms with van der Waals surface area (Å²) >= 11 is 3.90. The second kappa shape index (κ2) is 7.49. The van der Waals surface area contributed by atoms with Gasteiger partial charge in [0.1, 0.15) is 5.78 Å².